The summed E-state index contributed by atoms with van der Waals surface area (Å²) in [4.78, 5) is 0. The van der Waals surface area contributed by atoms with Crippen LogP contribution in [-0.4, -0.2) is 19.8 Å². The average Bonchev–Trinajstić information content (AvgIpc) is 3.17. The molecule has 1 aliphatic carbocycles. The molecule has 0 atom stereocenters. The highest BCUT2D eigenvalue weighted by Crippen LogP contribution is 2.28. The number of hydrogen-bond donors (Lipinski definition) is 1. The highest BCUT2D eigenvalue weighted by atomic mass is 16.5. The lowest BCUT2D eigenvalue weighted by Gasteiger charge is -2.19. The van der Waals surface area contributed by atoms with Crippen molar-refractivity contribution >= 4 is 0 Å². The predicted octanol–water partition coefficient (Wildman–Crippen LogP) is 3.50. The monoisotopic (exact) mass is 261 g/mol. The van der Waals surface area contributed by atoms with Crippen LogP contribution in [0.4, 0.5) is 0 Å². The molecule has 0 amide bonds. The molecule has 106 valence electrons. The molecule has 0 spiro atoms. The van der Waals surface area contributed by atoms with Gasteiger partial charge in [-0.25, -0.2) is 0 Å². The summed E-state index contributed by atoms with van der Waals surface area (Å²) < 4.78 is 5.60. The fourth-order valence-electron chi connectivity index (χ4n) is 2.03. The molecule has 1 aromatic carbocycles. The first-order chi connectivity index (χ1) is 9.05. The number of nitrogens with one attached hydrogen (secondary N) is 1. The second-order valence-electron chi connectivity index (χ2n) is 6.64. The minimum absolute atomic E-state index is 0.239. The van der Waals surface area contributed by atoms with Crippen molar-refractivity contribution in [1.82, 2.24) is 5.32 Å². The molecule has 2 heteroatoms. The second-order valence-corrected chi connectivity index (χ2v) is 6.64. The first-order valence-electron chi connectivity index (χ1n) is 7.43. The van der Waals surface area contributed by atoms with Crippen LogP contribution < -0.4 is 5.32 Å². The maximum atomic E-state index is 5.60. The maximum Gasteiger partial charge on any atom is 0.0591 e. The fourth-order valence-corrected chi connectivity index (χ4v) is 2.03. The summed E-state index contributed by atoms with van der Waals surface area (Å²) in [5, 5.41) is 3.43. The van der Waals surface area contributed by atoms with E-state index in [4.69, 9.17) is 4.74 Å². The lowest BCUT2D eigenvalue weighted by atomic mass is 9.87. The quantitative estimate of drug-likeness (QED) is 0.759. The van der Waals surface area contributed by atoms with Crippen LogP contribution in [0.1, 0.15) is 44.7 Å². The summed E-state index contributed by atoms with van der Waals surface area (Å²) in [5.74, 6) is 0.866. The van der Waals surface area contributed by atoms with E-state index in [2.05, 4.69) is 50.4 Å². The van der Waals surface area contributed by atoms with Gasteiger partial charge >= 0.3 is 0 Å². The van der Waals surface area contributed by atoms with Crippen LogP contribution in [0.5, 0.6) is 0 Å². The van der Waals surface area contributed by atoms with Gasteiger partial charge in [0.2, 0.25) is 0 Å². The molecule has 0 unspecified atom stereocenters. The number of benzene rings is 1. The molecule has 1 aliphatic rings. The summed E-state index contributed by atoms with van der Waals surface area (Å²) >= 11 is 0. The van der Waals surface area contributed by atoms with Crippen LogP contribution in [0, 0.1) is 5.92 Å². The first-order valence-corrected chi connectivity index (χ1v) is 7.43. The molecule has 0 aromatic heterocycles. The molecule has 2 rings (SSSR count). The molecule has 1 saturated carbocycles. The van der Waals surface area contributed by atoms with Gasteiger partial charge in [0.25, 0.3) is 0 Å². The van der Waals surface area contributed by atoms with Crippen molar-refractivity contribution in [2.24, 2.45) is 5.92 Å². The van der Waals surface area contributed by atoms with Gasteiger partial charge in [-0.05, 0) is 35.3 Å². The van der Waals surface area contributed by atoms with Crippen LogP contribution in [0.2, 0.25) is 0 Å². The van der Waals surface area contributed by atoms with Gasteiger partial charge < -0.3 is 10.1 Å². The van der Waals surface area contributed by atoms with Crippen LogP contribution >= 0.6 is 0 Å². The standard InChI is InChI=1S/C17H27NO/c1-17(2,3)16-8-6-14(7-9-16)12-18-10-11-19-13-15-4-5-15/h6-9,15,18H,4-5,10-13H2,1-3H3. The van der Waals surface area contributed by atoms with E-state index in [1.807, 2.05) is 0 Å². The van der Waals surface area contributed by atoms with E-state index in [0.717, 1.165) is 32.2 Å². The molecule has 0 saturated heterocycles. The van der Waals surface area contributed by atoms with E-state index < -0.39 is 0 Å². The zero-order valence-electron chi connectivity index (χ0n) is 12.5. The molecule has 0 bridgehead atoms. The van der Waals surface area contributed by atoms with Gasteiger partial charge in [-0.1, -0.05) is 45.0 Å². The zero-order valence-corrected chi connectivity index (χ0v) is 12.5. The largest absolute Gasteiger partial charge is 0.380 e. The molecule has 0 aliphatic heterocycles. The van der Waals surface area contributed by atoms with Gasteiger partial charge in [0.1, 0.15) is 0 Å². The molecule has 2 nitrogen and oxygen atoms in total. The molecule has 1 aromatic rings. The van der Waals surface area contributed by atoms with Crippen molar-refractivity contribution < 1.29 is 4.74 Å². The van der Waals surface area contributed by atoms with Gasteiger partial charge in [-0.15, -0.1) is 0 Å². The molecular formula is C17H27NO. The van der Waals surface area contributed by atoms with E-state index in [1.165, 1.54) is 24.0 Å². The van der Waals surface area contributed by atoms with Gasteiger partial charge in [0.15, 0.2) is 0 Å². The Morgan fingerprint density at radius 1 is 1.16 bits per heavy atom. The van der Waals surface area contributed by atoms with Gasteiger partial charge in [-0.2, -0.15) is 0 Å². The summed E-state index contributed by atoms with van der Waals surface area (Å²) in [6.07, 6.45) is 2.74. The second kappa shape index (κ2) is 6.53. The Labute approximate surface area is 117 Å². The van der Waals surface area contributed by atoms with Crippen molar-refractivity contribution in [2.75, 3.05) is 19.8 Å². The molecular weight excluding hydrogens is 234 g/mol. The number of hydrogen-bond acceptors (Lipinski definition) is 2. The third-order valence-electron chi connectivity index (χ3n) is 3.62. The van der Waals surface area contributed by atoms with Crippen LogP contribution in [0.25, 0.3) is 0 Å². The molecule has 0 radical (unpaired) electrons. The molecule has 1 fully saturated rings. The Morgan fingerprint density at radius 2 is 1.84 bits per heavy atom. The van der Waals surface area contributed by atoms with Crippen molar-refractivity contribution in [3.05, 3.63) is 35.4 Å². The Hall–Kier alpha value is -0.860. The Balaban J connectivity index is 1.62. The van der Waals surface area contributed by atoms with Crippen molar-refractivity contribution in [3.8, 4) is 0 Å². The molecule has 19 heavy (non-hydrogen) atoms. The normalized spacial score (nSPS) is 15.7. The third-order valence-corrected chi connectivity index (χ3v) is 3.62. The summed E-state index contributed by atoms with van der Waals surface area (Å²) in [6.45, 7) is 10.4. The fraction of sp³-hybridized carbons (Fsp3) is 0.647. The van der Waals surface area contributed by atoms with Gasteiger partial charge in [0.05, 0.1) is 6.61 Å². The summed E-state index contributed by atoms with van der Waals surface area (Å²) in [5.41, 5.74) is 2.97. The Morgan fingerprint density at radius 3 is 2.42 bits per heavy atom. The number of rotatable bonds is 7. The van der Waals surface area contributed by atoms with Crippen molar-refractivity contribution in [1.29, 1.82) is 0 Å². The summed E-state index contributed by atoms with van der Waals surface area (Å²) in [7, 11) is 0. The molecule has 1 N–H and O–H groups in total. The van der Waals surface area contributed by atoms with E-state index in [0.29, 0.717) is 0 Å². The highest BCUT2D eigenvalue weighted by molar-refractivity contribution is 5.27. The van der Waals surface area contributed by atoms with Crippen molar-refractivity contribution in [3.63, 3.8) is 0 Å². The predicted molar refractivity (Wildman–Crippen MR) is 80.4 cm³/mol. The topological polar surface area (TPSA) is 21.3 Å². The van der Waals surface area contributed by atoms with Crippen molar-refractivity contribution in [2.45, 2.75) is 45.6 Å². The van der Waals surface area contributed by atoms with E-state index in [9.17, 15) is 0 Å². The third kappa shape index (κ3) is 5.33. The Bertz CT molecular complexity index is 373. The average molecular weight is 261 g/mol. The van der Waals surface area contributed by atoms with E-state index in [-0.39, 0.29) is 5.41 Å². The SMILES string of the molecule is CC(C)(C)c1ccc(CNCCOCC2CC2)cc1. The van der Waals surface area contributed by atoms with E-state index in [1.54, 1.807) is 0 Å². The van der Waals surface area contributed by atoms with Crippen LogP contribution in [0.3, 0.4) is 0 Å². The zero-order chi connectivity index (χ0) is 13.7. The van der Waals surface area contributed by atoms with E-state index >= 15 is 0 Å². The lowest BCUT2D eigenvalue weighted by Crippen LogP contribution is -2.20. The molecule has 0 heterocycles. The Kier molecular flexibility index (Phi) is 5.00. The lowest BCUT2D eigenvalue weighted by molar-refractivity contribution is 0.126. The number of ether oxygens (including phenoxy) is 1. The van der Waals surface area contributed by atoms with Gasteiger partial charge in [-0.3, -0.25) is 0 Å². The minimum atomic E-state index is 0.239. The minimum Gasteiger partial charge on any atom is -0.380 e. The van der Waals surface area contributed by atoms with Crippen LogP contribution in [0.15, 0.2) is 24.3 Å². The van der Waals surface area contributed by atoms with Gasteiger partial charge in [0, 0.05) is 19.7 Å². The summed E-state index contributed by atoms with van der Waals surface area (Å²) in [6, 6.07) is 8.92. The first kappa shape index (κ1) is 14.5. The smallest absolute Gasteiger partial charge is 0.0591 e. The maximum absolute atomic E-state index is 5.60. The highest BCUT2D eigenvalue weighted by Gasteiger charge is 2.20. The van der Waals surface area contributed by atoms with Crippen LogP contribution in [-0.2, 0) is 16.7 Å².